The van der Waals surface area contributed by atoms with Crippen molar-refractivity contribution in [1.29, 1.82) is 0 Å². The molecule has 0 aromatic heterocycles. The van der Waals surface area contributed by atoms with Crippen LogP contribution in [0.15, 0.2) is 36.5 Å². The van der Waals surface area contributed by atoms with E-state index in [0.717, 1.165) is 77.0 Å². The number of nitrogens with one attached hydrogen (secondary N) is 1. The lowest BCUT2D eigenvalue weighted by Crippen LogP contribution is -2.46. The number of hydrogen-bond donors (Lipinski definition) is 3. The SMILES string of the molecule is CC/C=C/C=C/C=C\CCCCCCCC(=O)OC(CCCCCCCCCCCCCCCC)CC(=O)NC(CO)C(O)CCCCCCCCCCC. The van der Waals surface area contributed by atoms with E-state index in [1.807, 2.05) is 0 Å². The molecule has 3 N–H and O–H groups in total. The highest BCUT2D eigenvalue weighted by atomic mass is 16.5. The van der Waals surface area contributed by atoms with Crippen molar-refractivity contribution in [2.75, 3.05) is 6.61 Å². The summed E-state index contributed by atoms with van der Waals surface area (Å²) in [6, 6.07) is -0.700. The lowest BCUT2D eigenvalue weighted by atomic mass is 10.0. The fourth-order valence-electron chi connectivity index (χ4n) is 7.19. The zero-order valence-electron chi connectivity index (χ0n) is 36.6. The number of esters is 1. The summed E-state index contributed by atoms with van der Waals surface area (Å²) < 4.78 is 5.91. The Labute approximate surface area is 341 Å². The molecule has 0 aliphatic carbocycles. The topological polar surface area (TPSA) is 95.9 Å². The molecule has 0 fully saturated rings. The Hall–Kier alpha value is -1.92. The Balaban J connectivity index is 4.60. The average Bonchev–Trinajstić information content (AvgIpc) is 3.18. The highest BCUT2D eigenvalue weighted by Crippen LogP contribution is 2.18. The summed E-state index contributed by atoms with van der Waals surface area (Å²) in [5, 5.41) is 23.6. The van der Waals surface area contributed by atoms with Crippen LogP contribution in [-0.4, -0.2) is 46.9 Å². The summed E-state index contributed by atoms with van der Waals surface area (Å²) in [6.07, 6.45) is 49.2. The van der Waals surface area contributed by atoms with Crippen LogP contribution in [0.5, 0.6) is 0 Å². The predicted molar refractivity (Wildman–Crippen MR) is 236 cm³/mol. The molecule has 0 aromatic rings. The van der Waals surface area contributed by atoms with Gasteiger partial charge in [0.25, 0.3) is 0 Å². The molecule has 0 radical (unpaired) electrons. The minimum absolute atomic E-state index is 0.0725. The molecule has 6 nitrogen and oxygen atoms in total. The monoisotopic (exact) mass is 774 g/mol. The Morgan fingerprint density at radius 1 is 0.545 bits per heavy atom. The van der Waals surface area contributed by atoms with Gasteiger partial charge >= 0.3 is 5.97 Å². The van der Waals surface area contributed by atoms with Gasteiger partial charge in [0.1, 0.15) is 6.10 Å². The first-order chi connectivity index (χ1) is 27.0. The third kappa shape index (κ3) is 38.7. The summed E-state index contributed by atoms with van der Waals surface area (Å²) >= 11 is 0. The second-order valence-corrected chi connectivity index (χ2v) is 16.2. The van der Waals surface area contributed by atoms with Gasteiger partial charge in [-0.05, 0) is 44.9 Å². The van der Waals surface area contributed by atoms with Crippen LogP contribution >= 0.6 is 0 Å². The highest BCUT2D eigenvalue weighted by molar-refractivity contribution is 5.77. The molecular formula is C49H91NO5. The van der Waals surface area contributed by atoms with Crippen molar-refractivity contribution >= 4 is 11.9 Å². The molecule has 0 aliphatic heterocycles. The zero-order chi connectivity index (χ0) is 40.3. The molecule has 0 saturated heterocycles. The van der Waals surface area contributed by atoms with Crippen LogP contribution in [0.1, 0.15) is 239 Å². The number of allylic oxidation sites excluding steroid dienone is 6. The summed E-state index contributed by atoms with van der Waals surface area (Å²) in [6.45, 7) is 6.33. The fraction of sp³-hybridized carbons (Fsp3) is 0.837. The van der Waals surface area contributed by atoms with Crippen LogP contribution in [0.25, 0.3) is 0 Å². The maximum atomic E-state index is 13.1. The summed E-state index contributed by atoms with van der Waals surface area (Å²) in [5.74, 6) is -0.491. The van der Waals surface area contributed by atoms with Crippen molar-refractivity contribution in [2.24, 2.45) is 0 Å². The standard InChI is InChI=1S/C49H91NO5/c1-4-7-10-13-16-19-21-23-25-26-29-31-34-37-40-45(55-49(54)42-39-36-33-30-27-24-22-20-17-14-11-8-5-2)43-48(53)50-46(44-51)47(52)41-38-35-32-28-18-15-12-9-6-3/h8,11,14,17,20,22,45-47,51-52H,4-7,9-10,12-13,15-16,18-19,21,23-44H2,1-3H3,(H,50,53)/b11-8+,17-14+,22-20-. The van der Waals surface area contributed by atoms with Crippen LogP contribution in [0, 0.1) is 0 Å². The van der Waals surface area contributed by atoms with E-state index >= 15 is 0 Å². The third-order valence-electron chi connectivity index (χ3n) is 10.8. The molecule has 322 valence electrons. The normalized spacial score (nSPS) is 13.6. The van der Waals surface area contributed by atoms with E-state index in [1.165, 1.54) is 116 Å². The number of unbranched alkanes of at least 4 members (excludes halogenated alkanes) is 26. The molecule has 1 amide bonds. The largest absolute Gasteiger partial charge is 0.462 e. The van der Waals surface area contributed by atoms with Gasteiger partial charge < -0.3 is 20.3 Å². The van der Waals surface area contributed by atoms with Gasteiger partial charge in [-0.15, -0.1) is 0 Å². The summed E-state index contributed by atoms with van der Waals surface area (Å²) in [5.41, 5.74) is 0. The van der Waals surface area contributed by atoms with E-state index in [9.17, 15) is 19.8 Å². The van der Waals surface area contributed by atoms with E-state index in [2.05, 4.69) is 62.5 Å². The first kappa shape index (κ1) is 53.1. The van der Waals surface area contributed by atoms with Gasteiger partial charge in [-0.25, -0.2) is 0 Å². The average molecular weight is 774 g/mol. The maximum absolute atomic E-state index is 13.1. The van der Waals surface area contributed by atoms with Gasteiger partial charge in [-0.2, -0.15) is 0 Å². The molecule has 55 heavy (non-hydrogen) atoms. The molecule has 3 unspecified atom stereocenters. The van der Waals surface area contributed by atoms with Gasteiger partial charge in [0, 0.05) is 6.42 Å². The smallest absolute Gasteiger partial charge is 0.306 e. The van der Waals surface area contributed by atoms with Crippen LogP contribution in [0.2, 0.25) is 0 Å². The van der Waals surface area contributed by atoms with Crippen LogP contribution in [-0.2, 0) is 14.3 Å². The number of carbonyl (C=O) groups is 2. The number of carbonyl (C=O) groups excluding carboxylic acids is 2. The van der Waals surface area contributed by atoms with E-state index < -0.39 is 18.2 Å². The molecule has 3 atom stereocenters. The quantitative estimate of drug-likeness (QED) is 0.0326. The van der Waals surface area contributed by atoms with Crippen molar-refractivity contribution in [2.45, 2.75) is 257 Å². The Kier molecular flexibility index (Phi) is 41.7. The molecule has 0 spiro atoms. The third-order valence-corrected chi connectivity index (χ3v) is 10.8. The van der Waals surface area contributed by atoms with E-state index in [-0.39, 0.29) is 24.9 Å². The molecule has 0 aromatic carbocycles. The van der Waals surface area contributed by atoms with Gasteiger partial charge in [-0.1, -0.05) is 218 Å². The van der Waals surface area contributed by atoms with Gasteiger partial charge in [0.05, 0.1) is 25.2 Å². The highest BCUT2D eigenvalue weighted by Gasteiger charge is 2.24. The van der Waals surface area contributed by atoms with E-state index in [1.54, 1.807) is 0 Å². The molecule has 0 rings (SSSR count). The lowest BCUT2D eigenvalue weighted by Gasteiger charge is -2.24. The lowest BCUT2D eigenvalue weighted by molar-refractivity contribution is -0.151. The molecule has 0 aliphatic rings. The van der Waals surface area contributed by atoms with Crippen LogP contribution in [0.4, 0.5) is 0 Å². The van der Waals surface area contributed by atoms with E-state index in [0.29, 0.717) is 19.3 Å². The Morgan fingerprint density at radius 3 is 1.47 bits per heavy atom. The molecule has 0 bridgehead atoms. The van der Waals surface area contributed by atoms with Crippen molar-refractivity contribution in [3.8, 4) is 0 Å². The summed E-state index contributed by atoms with van der Waals surface area (Å²) in [7, 11) is 0. The number of aliphatic hydroxyl groups is 2. The minimum Gasteiger partial charge on any atom is -0.462 e. The number of aliphatic hydroxyl groups excluding tert-OH is 2. The number of amides is 1. The predicted octanol–water partition coefficient (Wildman–Crippen LogP) is 13.7. The molecule has 6 heteroatoms. The van der Waals surface area contributed by atoms with Crippen molar-refractivity contribution in [3.63, 3.8) is 0 Å². The first-order valence-corrected chi connectivity index (χ1v) is 23.7. The van der Waals surface area contributed by atoms with Crippen LogP contribution < -0.4 is 5.32 Å². The zero-order valence-corrected chi connectivity index (χ0v) is 36.6. The molecular weight excluding hydrogens is 683 g/mol. The number of ether oxygens (including phenoxy) is 1. The van der Waals surface area contributed by atoms with Gasteiger partial charge in [0.15, 0.2) is 0 Å². The number of rotatable bonds is 42. The second-order valence-electron chi connectivity index (χ2n) is 16.2. The van der Waals surface area contributed by atoms with Crippen molar-refractivity contribution in [3.05, 3.63) is 36.5 Å². The van der Waals surface area contributed by atoms with Crippen LogP contribution in [0.3, 0.4) is 0 Å². The molecule has 0 saturated carbocycles. The Morgan fingerprint density at radius 2 is 0.982 bits per heavy atom. The van der Waals surface area contributed by atoms with Gasteiger partial charge in [-0.3, -0.25) is 9.59 Å². The van der Waals surface area contributed by atoms with Gasteiger partial charge in [0.2, 0.25) is 5.91 Å². The second kappa shape index (κ2) is 43.2. The van der Waals surface area contributed by atoms with E-state index in [4.69, 9.17) is 4.74 Å². The molecule has 0 heterocycles. The van der Waals surface area contributed by atoms with Crippen molar-refractivity contribution < 1.29 is 24.5 Å². The fourth-order valence-corrected chi connectivity index (χ4v) is 7.19. The summed E-state index contributed by atoms with van der Waals surface area (Å²) in [4.78, 5) is 26.0. The number of hydrogen-bond acceptors (Lipinski definition) is 5. The maximum Gasteiger partial charge on any atom is 0.306 e. The van der Waals surface area contributed by atoms with Crippen molar-refractivity contribution in [1.82, 2.24) is 5.32 Å². The first-order valence-electron chi connectivity index (χ1n) is 23.7. The Bertz CT molecular complexity index is 915. The minimum atomic E-state index is -0.786.